The Balaban J connectivity index is 1.90. The number of benzene rings is 2. The number of hydrogen-bond donors (Lipinski definition) is 2. The highest BCUT2D eigenvalue weighted by Gasteiger charge is 2.34. The molecule has 0 fully saturated rings. The third kappa shape index (κ3) is 1.71. The molecule has 0 bridgehead atoms. The van der Waals surface area contributed by atoms with Crippen LogP contribution in [0.2, 0.25) is 0 Å². The lowest BCUT2D eigenvalue weighted by molar-refractivity contribution is -0.116. The fraction of sp³-hybridized carbons (Fsp3) is 0. The molecule has 4 rings (SSSR count). The van der Waals surface area contributed by atoms with Crippen molar-refractivity contribution in [1.29, 1.82) is 0 Å². The third-order valence-corrected chi connectivity index (χ3v) is 3.45. The highest BCUT2D eigenvalue weighted by atomic mass is 16.5. The molecule has 102 valence electrons. The molecule has 2 heterocycles. The topological polar surface area (TPSA) is 67.4 Å². The Morgan fingerprint density at radius 3 is 2.29 bits per heavy atom. The number of para-hydroxylation sites is 3. The van der Waals surface area contributed by atoms with Gasteiger partial charge in [0.15, 0.2) is 5.75 Å². The number of anilines is 2. The maximum Gasteiger partial charge on any atom is 0.292 e. The summed E-state index contributed by atoms with van der Waals surface area (Å²) in [5.74, 6) is -0.204. The van der Waals surface area contributed by atoms with Gasteiger partial charge in [0.1, 0.15) is 0 Å². The van der Waals surface area contributed by atoms with E-state index in [0.717, 1.165) is 0 Å². The van der Waals surface area contributed by atoms with E-state index in [0.29, 0.717) is 22.7 Å². The lowest BCUT2D eigenvalue weighted by atomic mass is 10.0. The van der Waals surface area contributed by atoms with Gasteiger partial charge in [-0.1, -0.05) is 30.3 Å². The summed E-state index contributed by atoms with van der Waals surface area (Å²) < 4.78 is 5.66. The standard InChI is InChI=1S/C16H10N2O3/c19-15-13(9-5-1-2-6-10(9)17-15)14-16(20)18-11-7-3-4-8-12(11)21-14/h1-8H,(H,17,19)(H,18,20)/b14-13+. The van der Waals surface area contributed by atoms with Crippen LogP contribution in [0.5, 0.6) is 5.75 Å². The Hall–Kier alpha value is -3.08. The van der Waals surface area contributed by atoms with Crippen molar-refractivity contribution in [2.45, 2.75) is 0 Å². The van der Waals surface area contributed by atoms with Crippen molar-refractivity contribution in [2.24, 2.45) is 0 Å². The van der Waals surface area contributed by atoms with E-state index < -0.39 is 5.91 Å². The van der Waals surface area contributed by atoms with E-state index in [1.165, 1.54) is 0 Å². The zero-order chi connectivity index (χ0) is 14.4. The summed E-state index contributed by atoms with van der Waals surface area (Å²) in [6, 6.07) is 14.3. The number of ether oxygens (including phenoxy) is 1. The predicted molar refractivity (Wildman–Crippen MR) is 77.7 cm³/mol. The van der Waals surface area contributed by atoms with E-state index in [1.54, 1.807) is 36.4 Å². The number of carbonyl (C=O) groups is 2. The molecule has 5 nitrogen and oxygen atoms in total. The highest BCUT2D eigenvalue weighted by Crippen LogP contribution is 2.38. The van der Waals surface area contributed by atoms with Crippen LogP contribution in [0.4, 0.5) is 11.4 Å². The Morgan fingerprint density at radius 2 is 1.43 bits per heavy atom. The van der Waals surface area contributed by atoms with Gasteiger partial charge in [-0.05, 0) is 18.2 Å². The molecule has 0 saturated carbocycles. The normalized spacial score (nSPS) is 19.2. The van der Waals surface area contributed by atoms with Gasteiger partial charge in [0, 0.05) is 11.3 Å². The van der Waals surface area contributed by atoms with Gasteiger partial charge in [0.25, 0.3) is 11.8 Å². The van der Waals surface area contributed by atoms with Gasteiger partial charge in [-0.2, -0.15) is 0 Å². The molecule has 0 aromatic heterocycles. The molecule has 2 aromatic carbocycles. The highest BCUT2D eigenvalue weighted by molar-refractivity contribution is 6.35. The Kier molecular flexibility index (Phi) is 2.35. The molecule has 5 heteroatoms. The SMILES string of the molecule is O=C1Nc2ccccc2O/C1=C1/C(=O)Nc2ccccc21. The van der Waals surface area contributed by atoms with Crippen molar-refractivity contribution in [3.63, 3.8) is 0 Å². The second-order valence-corrected chi connectivity index (χ2v) is 4.76. The van der Waals surface area contributed by atoms with E-state index in [2.05, 4.69) is 10.6 Å². The maximum absolute atomic E-state index is 12.2. The monoisotopic (exact) mass is 278 g/mol. The van der Waals surface area contributed by atoms with Gasteiger partial charge < -0.3 is 15.4 Å². The van der Waals surface area contributed by atoms with Gasteiger partial charge in [-0.25, -0.2) is 0 Å². The first-order chi connectivity index (χ1) is 10.2. The smallest absolute Gasteiger partial charge is 0.292 e. The number of hydrogen-bond acceptors (Lipinski definition) is 3. The minimum atomic E-state index is -0.421. The van der Waals surface area contributed by atoms with Gasteiger partial charge in [-0.3, -0.25) is 9.59 Å². The van der Waals surface area contributed by atoms with E-state index in [-0.39, 0.29) is 17.2 Å². The van der Waals surface area contributed by atoms with E-state index >= 15 is 0 Å². The number of nitrogens with one attached hydrogen (secondary N) is 2. The molecule has 0 unspecified atom stereocenters. The molecular weight excluding hydrogens is 268 g/mol. The van der Waals surface area contributed by atoms with Crippen molar-refractivity contribution in [2.75, 3.05) is 10.6 Å². The van der Waals surface area contributed by atoms with Crippen LogP contribution in [0.15, 0.2) is 54.3 Å². The van der Waals surface area contributed by atoms with Crippen LogP contribution in [0, 0.1) is 0 Å². The molecule has 2 aliphatic heterocycles. The minimum absolute atomic E-state index is 0.0242. The van der Waals surface area contributed by atoms with Crippen LogP contribution in [0.1, 0.15) is 5.56 Å². The summed E-state index contributed by atoms with van der Waals surface area (Å²) in [7, 11) is 0. The first-order valence-electron chi connectivity index (χ1n) is 6.47. The molecule has 21 heavy (non-hydrogen) atoms. The Morgan fingerprint density at radius 1 is 0.762 bits per heavy atom. The maximum atomic E-state index is 12.2. The number of amides is 2. The molecular formula is C16H10N2O3. The van der Waals surface area contributed by atoms with E-state index in [4.69, 9.17) is 4.74 Å². The quantitative estimate of drug-likeness (QED) is 0.727. The molecule has 0 atom stereocenters. The summed E-state index contributed by atoms with van der Waals surface area (Å²) in [6.45, 7) is 0. The van der Waals surface area contributed by atoms with Crippen molar-refractivity contribution < 1.29 is 14.3 Å². The largest absolute Gasteiger partial charge is 0.448 e. The van der Waals surface area contributed by atoms with Crippen molar-refractivity contribution >= 4 is 28.8 Å². The summed E-state index contributed by atoms with van der Waals surface area (Å²) in [5.41, 5.74) is 2.21. The van der Waals surface area contributed by atoms with Crippen LogP contribution in [0.3, 0.4) is 0 Å². The van der Waals surface area contributed by atoms with Crippen LogP contribution < -0.4 is 15.4 Å². The molecule has 0 spiro atoms. The van der Waals surface area contributed by atoms with Gasteiger partial charge >= 0.3 is 0 Å². The second kappa shape index (κ2) is 4.21. The fourth-order valence-electron chi connectivity index (χ4n) is 2.50. The second-order valence-electron chi connectivity index (χ2n) is 4.76. The number of rotatable bonds is 0. The van der Waals surface area contributed by atoms with Crippen molar-refractivity contribution in [3.05, 3.63) is 59.9 Å². The summed E-state index contributed by atoms with van der Waals surface area (Å²) in [6.07, 6.45) is 0. The molecule has 0 radical (unpaired) electrons. The Bertz CT molecular complexity index is 824. The lowest BCUT2D eigenvalue weighted by Crippen LogP contribution is -2.26. The number of carbonyl (C=O) groups excluding carboxylic acids is 2. The summed E-state index contributed by atoms with van der Waals surface area (Å²) >= 11 is 0. The van der Waals surface area contributed by atoms with Crippen LogP contribution in [-0.4, -0.2) is 11.8 Å². The average molecular weight is 278 g/mol. The van der Waals surface area contributed by atoms with E-state index in [1.807, 2.05) is 12.1 Å². The Labute approximate surface area is 120 Å². The molecule has 0 aliphatic carbocycles. The van der Waals surface area contributed by atoms with Crippen LogP contribution in [0.25, 0.3) is 5.57 Å². The zero-order valence-electron chi connectivity index (χ0n) is 10.8. The van der Waals surface area contributed by atoms with Crippen LogP contribution >= 0.6 is 0 Å². The van der Waals surface area contributed by atoms with Crippen LogP contribution in [-0.2, 0) is 9.59 Å². The van der Waals surface area contributed by atoms with Gasteiger partial charge in [0.2, 0.25) is 5.76 Å². The van der Waals surface area contributed by atoms with Crippen molar-refractivity contribution in [1.82, 2.24) is 0 Å². The first kappa shape index (κ1) is 11.7. The third-order valence-electron chi connectivity index (χ3n) is 3.45. The first-order valence-corrected chi connectivity index (χ1v) is 6.47. The van der Waals surface area contributed by atoms with Crippen molar-refractivity contribution in [3.8, 4) is 5.75 Å². The minimum Gasteiger partial charge on any atom is -0.448 e. The average Bonchev–Trinajstić information content (AvgIpc) is 2.82. The molecule has 2 aliphatic rings. The molecule has 2 N–H and O–H groups in total. The summed E-state index contributed by atoms with van der Waals surface area (Å²) in [5, 5.41) is 5.47. The zero-order valence-corrected chi connectivity index (χ0v) is 10.8. The number of fused-ring (bicyclic) bond motifs is 2. The predicted octanol–water partition coefficient (Wildman–Crippen LogP) is 2.38. The molecule has 0 saturated heterocycles. The van der Waals surface area contributed by atoms with Gasteiger partial charge in [0.05, 0.1) is 11.3 Å². The lowest BCUT2D eigenvalue weighted by Gasteiger charge is -2.20. The fourth-order valence-corrected chi connectivity index (χ4v) is 2.50. The van der Waals surface area contributed by atoms with E-state index in [9.17, 15) is 9.59 Å². The molecule has 2 aromatic rings. The van der Waals surface area contributed by atoms with Gasteiger partial charge in [-0.15, -0.1) is 0 Å². The molecule has 2 amide bonds. The summed E-state index contributed by atoms with van der Waals surface area (Å²) in [4.78, 5) is 24.4.